The van der Waals surface area contributed by atoms with Gasteiger partial charge in [0.05, 0.1) is 18.1 Å². The van der Waals surface area contributed by atoms with Gasteiger partial charge < -0.3 is 20.0 Å². The van der Waals surface area contributed by atoms with Crippen LogP contribution in [0.25, 0.3) is 10.9 Å². The molecule has 1 amide bonds. The Morgan fingerprint density at radius 3 is 2.55 bits per heavy atom. The fourth-order valence-corrected chi connectivity index (χ4v) is 2.95. The lowest BCUT2D eigenvalue weighted by atomic mass is 10.1. The van der Waals surface area contributed by atoms with Gasteiger partial charge in [0, 0.05) is 19.1 Å². The number of aryl methyl sites for hydroxylation is 1. The van der Waals surface area contributed by atoms with Gasteiger partial charge in [-0.15, -0.1) is 0 Å². The molecule has 0 aliphatic rings. The van der Waals surface area contributed by atoms with Crippen molar-refractivity contribution >= 4 is 22.5 Å². The number of ether oxygens (including phenoxy) is 2. The van der Waals surface area contributed by atoms with Gasteiger partial charge in [-0.05, 0) is 30.7 Å². The number of nitrogens with zero attached hydrogens (tertiary/aromatic N) is 1. The first-order valence-corrected chi connectivity index (χ1v) is 8.48. The van der Waals surface area contributed by atoms with Gasteiger partial charge >= 0.3 is 6.18 Å². The summed E-state index contributed by atoms with van der Waals surface area (Å²) in [5, 5.41) is 15.3. The third-order valence-corrected chi connectivity index (χ3v) is 4.20. The number of nitrogens with one attached hydrogen (secondary N) is 1. The second kappa shape index (κ2) is 7.50. The molecule has 3 rings (SSSR count). The van der Waals surface area contributed by atoms with Crippen molar-refractivity contribution in [3.8, 4) is 17.2 Å². The molecule has 0 unspecified atom stereocenters. The lowest BCUT2D eigenvalue weighted by Crippen LogP contribution is -2.28. The standard InChI is InChI=1S/C20H17F3N2O4/c1-11-7-8-25(27)18-15(24-12(2)26)10-16(28-3)19(17(11)18)29-14-6-4-5-13(9-14)20(21,22)23/h4-10H,1-3H3,(H,24,26). The number of alkyl halides is 3. The van der Waals surface area contributed by atoms with E-state index in [1.54, 1.807) is 6.92 Å². The molecule has 1 aromatic heterocycles. The van der Waals surface area contributed by atoms with Crippen LogP contribution >= 0.6 is 0 Å². The van der Waals surface area contributed by atoms with E-state index in [9.17, 15) is 23.2 Å². The summed E-state index contributed by atoms with van der Waals surface area (Å²) in [7, 11) is 1.35. The van der Waals surface area contributed by atoms with Crippen LogP contribution < -0.4 is 19.5 Å². The minimum absolute atomic E-state index is 0.0682. The zero-order chi connectivity index (χ0) is 21.3. The first-order chi connectivity index (χ1) is 13.6. The predicted octanol–water partition coefficient (Wildman–Crippen LogP) is 4.56. The van der Waals surface area contributed by atoms with E-state index >= 15 is 0 Å². The molecule has 0 radical (unpaired) electrons. The summed E-state index contributed by atoms with van der Waals surface area (Å²) in [4.78, 5) is 11.6. The first-order valence-electron chi connectivity index (χ1n) is 8.48. The molecule has 29 heavy (non-hydrogen) atoms. The van der Waals surface area contributed by atoms with Crippen LogP contribution in [0.15, 0.2) is 42.6 Å². The third-order valence-electron chi connectivity index (χ3n) is 4.20. The Morgan fingerprint density at radius 2 is 1.93 bits per heavy atom. The molecule has 9 heteroatoms. The predicted molar refractivity (Wildman–Crippen MR) is 100 cm³/mol. The summed E-state index contributed by atoms with van der Waals surface area (Å²) in [6.07, 6.45) is -3.27. The number of pyridine rings is 1. The molecule has 1 heterocycles. The average molecular weight is 406 g/mol. The van der Waals surface area contributed by atoms with Crippen LogP contribution in [0.3, 0.4) is 0 Å². The topological polar surface area (TPSA) is 74.5 Å². The van der Waals surface area contributed by atoms with Crippen molar-refractivity contribution in [1.29, 1.82) is 0 Å². The van der Waals surface area contributed by atoms with Gasteiger partial charge in [-0.1, -0.05) is 6.07 Å². The average Bonchev–Trinajstić information content (AvgIpc) is 2.64. The van der Waals surface area contributed by atoms with E-state index in [2.05, 4.69) is 5.32 Å². The minimum atomic E-state index is -4.53. The van der Waals surface area contributed by atoms with E-state index in [0.717, 1.165) is 12.1 Å². The maximum atomic E-state index is 13.0. The molecular weight excluding hydrogens is 389 g/mol. The SMILES string of the molecule is COc1cc(NC(C)=O)c2c(c(C)cc[n+]2[O-])c1Oc1cccc(C(F)(F)F)c1. The molecule has 0 fully saturated rings. The van der Waals surface area contributed by atoms with E-state index in [0.29, 0.717) is 15.7 Å². The van der Waals surface area contributed by atoms with Crippen LogP contribution in [-0.4, -0.2) is 13.0 Å². The molecule has 0 spiro atoms. The summed E-state index contributed by atoms with van der Waals surface area (Å²) >= 11 is 0. The highest BCUT2D eigenvalue weighted by atomic mass is 19.4. The van der Waals surface area contributed by atoms with Crippen molar-refractivity contribution in [3.63, 3.8) is 0 Å². The number of aromatic nitrogens is 1. The van der Waals surface area contributed by atoms with Crippen LogP contribution in [0.2, 0.25) is 0 Å². The van der Waals surface area contributed by atoms with Gasteiger partial charge in [0.25, 0.3) is 5.52 Å². The van der Waals surface area contributed by atoms with Gasteiger partial charge in [-0.3, -0.25) is 4.79 Å². The van der Waals surface area contributed by atoms with E-state index in [-0.39, 0.29) is 28.5 Å². The van der Waals surface area contributed by atoms with Gasteiger partial charge in [0.15, 0.2) is 17.7 Å². The molecule has 0 aliphatic heterocycles. The maximum Gasteiger partial charge on any atom is 0.416 e. The number of methoxy groups -OCH3 is 1. The lowest BCUT2D eigenvalue weighted by Gasteiger charge is -2.17. The normalized spacial score (nSPS) is 11.4. The number of carbonyl (C=O) groups is 1. The van der Waals surface area contributed by atoms with Crippen LogP contribution in [0.5, 0.6) is 17.2 Å². The van der Waals surface area contributed by atoms with E-state index in [4.69, 9.17) is 9.47 Å². The fraction of sp³-hybridized carbons (Fsp3) is 0.200. The molecule has 3 aromatic rings. The third kappa shape index (κ3) is 4.03. The number of fused-ring (bicyclic) bond motifs is 1. The van der Waals surface area contributed by atoms with Gasteiger partial charge in [-0.25, -0.2) is 0 Å². The Labute approximate surface area is 164 Å². The highest BCUT2D eigenvalue weighted by Gasteiger charge is 2.31. The van der Waals surface area contributed by atoms with Crippen LogP contribution in [0.1, 0.15) is 18.1 Å². The largest absolute Gasteiger partial charge is 0.618 e. The molecule has 1 N–H and O–H groups in total. The molecule has 2 aromatic carbocycles. The van der Waals surface area contributed by atoms with Crippen molar-refractivity contribution in [1.82, 2.24) is 0 Å². The summed E-state index contributed by atoms with van der Waals surface area (Å²) in [6, 6.07) is 7.30. The molecule has 0 saturated heterocycles. The summed E-state index contributed by atoms with van der Waals surface area (Å²) in [5.74, 6) is -0.264. The second-order valence-corrected chi connectivity index (χ2v) is 6.31. The number of carbonyl (C=O) groups excluding carboxylic acids is 1. The van der Waals surface area contributed by atoms with Gasteiger partial charge in [-0.2, -0.15) is 17.9 Å². The summed E-state index contributed by atoms with van der Waals surface area (Å²) in [5.41, 5.74) is 0.0331. The van der Waals surface area contributed by atoms with Gasteiger partial charge in [0.2, 0.25) is 5.91 Å². The Balaban J connectivity index is 2.25. The summed E-state index contributed by atoms with van der Waals surface area (Å²) in [6.45, 7) is 2.99. The van der Waals surface area contributed by atoms with Crippen LogP contribution in [0, 0.1) is 12.1 Å². The first kappa shape index (κ1) is 20.2. The fourth-order valence-electron chi connectivity index (χ4n) is 2.95. The number of rotatable bonds is 4. The van der Waals surface area contributed by atoms with Crippen molar-refractivity contribution in [2.24, 2.45) is 0 Å². The van der Waals surface area contributed by atoms with Crippen LogP contribution in [-0.2, 0) is 11.0 Å². The highest BCUT2D eigenvalue weighted by Crippen LogP contribution is 2.43. The molecule has 0 saturated carbocycles. The highest BCUT2D eigenvalue weighted by molar-refractivity contribution is 6.03. The summed E-state index contributed by atoms with van der Waals surface area (Å²) < 4.78 is 50.7. The minimum Gasteiger partial charge on any atom is -0.618 e. The number of hydrogen-bond donors (Lipinski definition) is 1. The monoisotopic (exact) mass is 406 g/mol. The zero-order valence-electron chi connectivity index (χ0n) is 15.8. The Kier molecular flexibility index (Phi) is 5.23. The Hall–Kier alpha value is -3.49. The van der Waals surface area contributed by atoms with Crippen molar-refractivity contribution < 1.29 is 32.2 Å². The Bertz CT molecular complexity index is 1100. The van der Waals surface area contributed by atoms with Gasteiger partial charge in [0.1, 0.15) is 11.4 Å². The molecule has 6 nitrogen and oxygen atoms in total. The number of amides is 1. The van der Waals surface area contributed by atoms with Crippen molar-refractivity contribution in [2.75, 3.05) is 12.4 Å². The zero-order valence-corrected chi connectivity index (χ0v) is 15.8. The lowest BCUT2D eigenvalue weighted by molar-refractivity contribution is -0.576. The molecular formula is C20H17F3N2O4. The number of benzene rings is 2. The molecule has 0 bridgehead atoms. The smallest absolute Gasteiger partial charge is 0.416 e. The maximum absolute atomic E-state index is 13.0. The molecule has 0 aliphatic carbocycles. The van der Waals surface area contributed by atoms with Crippen molar-refractivity contribution in [3.05, 3.63) is 58.9 Å². The second-order valence-electron chi connectivity index (χ2n) is 6.31. The van der Waals surface area contributed by atoms with Crippen LogP contribution in [0.4, 0.5) is 18.9 Å². The Morgan fingerprint density at radius 1 is 1.21 bits per heavy atom. The van der Waals surface area contributed by atoms with E-state index in [1.165, 1.54) is 44.5 Å². The molecule has 152 valence electrons. The number of halogens is 3. The number of anilines is 1. The van der Waals surface area contributed by atoms with Crippen molar-refractivity contribution in [2.45, 2.75) is 20.0 Å². The van der Waals surface area contributed by atoms with E-state index < -0.39 is 17.6 Å². The van der Waals surface area contributed by atoms with E-state index in [1.807, 2.05) is 0 Å². The quantitative estimate of drug-likeness (QED) is 0.509. The number of hydrogen-bond acceptors (Lipinski definition) is 4. The molecule has 0 atom stereocenters.